The summed E-state index contributed by atoms with van der Waals surface area (Å²) >= 11 is 0. The van der Waals surface area contributed by atoms with E-state index in [9.17, 15) is 14.9 Å². The summed E-state index contributed by atoms with van der Waals surface area (Å²) in [5.74, 6) is 0.0523. The monoisotopic (exact) mass is 451 g/mol. The third-order valence-electron chi connectivity index (χ3n) is 6.36. The zero-order valence-electron chi connectivity index (χ0n) is 19.3. The maximum atomic E-state index is 12.7. The van der Waals surface area contributed by atoms with Gasteiger partial charge in [-0.15, -0.1) is 0 Å². The molecule has 1 aliphatic heterocycles. The normalized spacial score (nSPS) is 14.6. The van der Waals surface area contributed by atoms with Crippen LogP contribution in [-0.4, -0.2) is 66.4 Å². The molecule has 1 aliphatic rings. The minimum Gasteiger partial charge on any atom is -0.340 e. The molecule has 0 radical (unpaired) electrons. The van der Waals surface area contributed by atoms with Crippen LogP contribution >= 0.6 is 0 Å². The average molecular weight is 452 g/mol. The van der Waals surface area contributed by atoms with E-state index in [1.807, 2.05) is 34.7 Å². The van der Waals surface area contributed by atoms with Crippen molar-refractivity contribution in [1.29, 1.82) is 0 Å². The van der Waals surface area contributed by atoms with Crippen molar-refractivity contribution in [3.63, 3.8) is 0 Å². The van der Waals surface area contributed by atoms with Crippen LogP contribution in [0.2, 0.25) is 0 Å². The van der Waals surface area contributed by atoms with Crippen LogP contribution in [-0.2, 0) is 17.9 Å². The lowest BCUT2D eigenvalue weighted by atomic mass is 10.1. The molecule has 1 saturated heterocycles. The number of hydrogen-bond acceptors (Lipinski definition) is 6. The van der Waals surface area contributed by atoms with Crippen LogP contribution in [0, 0.1) is 30.9 Å². The van der Waals surface area contributed by atoms with Gasteiger partial charge in [-0.25, -0.2) is 4.68 Å². The Morgan fingerprint density at radius 1 is 1.06 bits per heavy atom. The lowest BCUT2D eigenvalue weighted by Gasteiger charge is -2.35. The number of para-hydroxylation sites is 1. The Bertz CT molecular complexity index is 1140. The minimum atomic E-state index is -0.452. The van der Waals surface area contributed by atoms with E-state index in [4.69, 9.17) is 5.10 Å². The third-order valence-corrected chi connectivity index (χ3v) is 6.36. The Morgan fingerprint density at radius 3 is 2.39 bits per heavy atom. The summed E-state index contributed by atoms with van der Waals surface area (Å²) in [6, 6.07) is 10.1. The van der Waals surface area contributed by atoms with Gasteiger partial charge in [0.1, 0.15) is 11.9 Å². The molecule has 3 heterocycles. The standard InChI is InChI=1S/C23H29N7O3/c1-17-21(18(2)29(25-17)20-7-5-4-6-8-20)16-26-11-13-27(14-12-26)23(31)9-10-28-19(3)22(15-24-28)30(32)33/h4-8,15H,9-14,16H2,1-3H3. The van der Waals surface area contributed by atoms with Gasteiger partial charge in [-0.2, -0.15) is 10.2 Å². The summed E-state index contributed by atoms with van der Waals surface area (Å²) in [6.07, 6.45) is 1.52. The molecule has 1 amide bonds. The van der Waals surface area contributed by atoms with E-state index in [0.29, 0.717) is 25.3 Å². The van der Waals surface area contributed by atoms with Gasteiger partial charge < -0.3 is 4.90 Å². The molecular formula is C23H29N7O3. The summed E-state index contributed by atoms with van der Waals surface area (Å²) in [5.41, 5.74) is 4.91. The first kappa shape index (κ1) is 22.7. The molecule has 33 heavy (non-hydrogen) atoms. The predicted molar refractivity (Wildman–Crippen MR) is 123 cm³/mol. The number of nitro groups is 1. The number of aryl methyl sites for hydroxylation is 2. The van der Waals surface area contributed by atoms with Gasteiger partial charge in [0.15, 0.2) is 0 Å². The van der Waals surface area contributed by atoms with Crippen molar-refractivity contribution < 1.29 is 9.72 Å². The number of carbonyl (C=O) groups is 1. The highest BCUT2D eigenvalue weighted by Crippen LogP contribution is 2.21. The largest absolute Gasteiger partial charge is 0.340 e. The zero-order chi connectivity index (χ0) is 23.5. The summed E-state index contributed by atoms with van der Waals surface area (Å²) in [5, 5.41) is 19.7. The van der Waals surface area contributed by atoms with Gasteiger partial charge >= 0.3 is 5.69 Å². The summed E-state index contributed by atoms with van der Waals surface area (Å²) < 4.78 is 3.52. The lowest BCUT2D eigenvalue weighted by Crippen LogP contribution is -2.48. The number of amides is 1. The van der Waals surface area contributed by atoms with Crippen molar-refractivity contribution >= 4 is 11.6 Å². The van der Waals surface area contributed by atoms with Gasteiger partial charge in [-0.3, -0.25) is 24.5 Å². The first-order chi connectivity index (χ1) is 15.8. The molecule has 0 spiro atoms. The van der Waals surface area contributed by atoms with E-state index in [2.05, 4.69) is 29.1 Å². The second-order valence-corrected chi connectivity index (χ2v) is 8.40. The molecule has 0 bridgehead atoms. The lowest BCUT2D eigenvalue weighted by molar-refractivity contribution is -0.385. The molecule has 0 aliphatic carbocycles. The number of carbonyl (C=O) groups excluding carboxylic acids is 1. The van der Waals surface area contributed by atoms with Crippen molar-refractivity contribution in [3.05, 3.63) is 69.3 Å². The molecular weight excluding hydrogens is 422 g/mol. The molecule has 2 aromatic heterocycles. The van der Waals surface area contributed by atoms with Crippen molar-refractivity contribution in [3.8, 4) is 5.69 Å². The number of aromatic nitrogens is 4. The topological polar surface area (TPSA) is 102 Å². The summed E-state index contributed by atoms with van der Waals surface area (Å²) in [7, 11) is 0. The Kier molecular flexibility index (Phi) is 6.55. The van der Waals surface area contributed by atoms with Crippen LogP contribution in [0.4, 0.5) is 5.69 Å². The fraction of sp³-hybridized carbons (Fsp3) is 0.435. The molecule has 0 saturated carbocycles. The molecule has 0 N–H and O–H groups in total. The van der Waals surface area contributed by atoms with E-state index >= 15 is 0 Å². The molecule has 10 heteroatoms. The van der Waals surface area contributed by atoms with Crippen LogP contribution in [0.25, 0.3) is 5.69 Å². The SMILES string of the molecule is Cc1nn(-c2ccccc2)c(C)c1CN1CCN(C(=O)CCn2ncc([N+](=O)[O-])c2C)CC1. The van der Waals surface area contributed by atoms with Crippen molar-refractivity contribution in [1.82, 2.24) is 29.4 Å². The van der Waals surface area contributed by atoms with Crippen molar-refractivity contribution in [2.24, 2.45) is 0 Å². The highest BCUT2D eigenvalue weighted by Gasteiger charge is 2.24. The van der Waals surface area contributed by atoms with Crippen LogP contribution in [0.3, 0.4) is 0 Å². The predicted octanol–water partition coefficient (Wildman–Crippen LogP) is 2.64. The molecule has 0 unspecified atom stereocenters. The third kappa shape index (κ3) is 4.80. The number of piperazine rings is 1. The number of nitrogens with zero attached hydrogens (tertiary/aromatic N) is 7. The van der Waals surface area contributed by atoms with E-state index < -0.39 is 4.92 Å². The van der Waals surface area contributed by atoms with Gasteiger partial charge in [-0.1, -0.05) is 18.2 Å². The van der Waals surface area contributed by atoms with Crippen LogP contribution in [0.5, 0.6) is 0 Å². The number of rotatable bonds is 7. The Labute approximate surface area is 192 Å². The van der Waals surface area contributed by atoms with Gasteiger partial charge in [0.2, 0.25) is 5.91 Å². The summed E-state index contributed by atoms with van der Waals surface area (Å²) in [4.78, 5) is 27.4. The molecule has 174 valence electrons. The number of benzene rings is 1. The quantitative estimate of drug-likeness (QED) is 0.404. The number of hydrogen-bond donors (Lipinski definition) is 0. The minimum absolute atomic E-state index is 0.0164. The fourth-order valence-corrected chi connectivity index (χ4v) is 4.30. The Hall–Kier alpha value is -3.53. The fourth-order valence-electron chi connectivity index (χ4n) is 4.30. The molecule has 1 fully saturated rings. The molecule has 4 rings (SSSR count). The van der Waals surface area contributed by atoms with Crippen LogP contribution in [0.15, 0.2) is 36.5 Å². The molecule has 1 aromatic carbocycles. The second-order valence-electron chi connectivity index (χ2n) is 8.40. The Balaban J connectivity index is 1.31. The van der Waals surface area contributed by atoms with E-state index in [1.54, 1.807) is 6.92 Å². The maximum absolute atomic E-state index is 12.7. The molecule has 0 atom stereocenters. The zero-order valence-corrected chi connectivity index (χ0v) is 19.3. The maximum Gasteiger partial charge on any atom is 0.309 e. The van der Waals surface area contributed by atoms with Crippen molar-refractivity contribution in [2.45, 2.75) is 40.3 Å². The van der Waals surface area contributed by atoms with E-state index in [0.717, 1.165) is 36.7 Å². The summed E-state index contributed by atoms with van der Waals surface area (Å²) in [6.45, 7) is 9.88. The van der Waals surface area contributed by atoms with Crippen LogP contribution in [0.1, 0.15) is 29.1 Å². The highest BCUT2D eigenvalue weighted by atomic mass is 16.6. The Morgan fingerprint density at radius 2 is 1.76 bits per heavy atom. The van der Waals surface area contributed by atoms with Gasteiger partial charge in [0, 0.05) is 50.4 Å². The first-order valence-electron chi connectivity index (χ1n) is 11.1. The first-order valence-corrected chi connectivity index (χ1v) is 11.1. The second kappa shape index (κ2) is 9.53. The van der Waals surface area contributed by atoms with Gasteiger partial charge in [0.25, 0.3) is 0 Å². The molecule has 10 nitrogen and oxygen atoms in total. The highest BCUT2D eigenvalue weighted by molar-refractivity contribution is 5.76. The van der Waals surface area contributed by atoms with E-state index in [-0.39, 0.29) is 18.0 Å². The van der Waals surface area contributed by atoms with Gasteiger partial charge in [-0.05, 0) is 32.9 Å². The van der Waals surface area contributed by atoms with E-state index in [1.165, 1.54) is 16.4 Å². The molecule has 3 aromatic rings. The average Bonchev–Trinajstić information content (AvgIpc) is 3.32. The smallest absolute Gasteiger partial charge is 0.309 e. The van der Waals surface area contributed by atoms with Gasteiger partial charge in [0.05, 0.1) is 22.8 Å². The van der Waals surface area contributed by atoms with Crippen molar-refractivity contribution in [2.75, 3.05) is 26.2 Å². The van der Waals surface area contributed by atoms with Crippen LogP contribution < -0.4 is 0 Å².